The second-order valence-electron chi connectivity index (χ2n) is 4.95. The maximum Gasteiger partial charge on any atom is 0.182 e. The van der Waals surface area contributed by atoms with Crippen LogP contribution in [0, 0.1) is 6.92 Å². The van der Waals surface area contributed by atoms with Gasteiger partial charge < -0.3 is 18.9 Å². The van der Waals surface area contributed by atoms with Crippen LogP contribution in [0.25, 0.3) is 0 Å². The number of hydrogen-bond donors (Lipinski definition) is 0. The normalized spacial score (nSPS) is 10.5. The molecule has 0 aliphatic carbocycles. The molecule has 0 amide bonds. The number of hydrogen-bond acceptors (Lipinski definition) is 5. The number of methoxy groups -OCH3 is 1. The van der Waals surface area contributed by atoms with Gasteiger partial charge in [-0.2, -0.15) is 0 Å². The largest absolute Gasteiger partial charge is 0.487 e. The Kier molecular flexibility index (Phi) is 7.36. The SMILES string of the molecule is COCCOCCOc1ccnc(C)c1OCc1ccccc1. The first-order valence-corrected chi connectivity index (χ1v) is 7.63. The third kappa shape index (κ3) is 5.88. The smallest absolute Gasteiger partial charge is 0.182 e. The van der Waals surface area contributed by atoms with Crippen molar-refractivity contribution in [1.82, 2.24) is 4.98 Å². The fourth-order valence-electron chi connectivity index (χ4n) is 2.00. The summed E-state index contributed by atoms with van der Waals surface area (Å²) in [6.45, 7) is 4.49. The summed E-state index contributed by atoms with van der Waals surface area (Å²) >= 11 is 0. The monoisotopic (exact) mass is 317 g/mol. The second kappa shape index (κ2) is 9.82. The van der Waals surface area contributed by atoms with Crippen molar-refractivity contribution >= 4 is 0 Å². The van der Waals surface area contributed by atoms with Crippen LogP contribution in [0.15, 0.2) is 42.6 Å². The van der Waals surface area contributed by atoms with E-state index in [0.717, 1.165) is 11.3 Å². The Morgan fingerprint density at radius 1 is 0.913 bits per heavy atom. The summed E-state index contributed by atoms with van der Waals surface area (Å²) < 4.78 is 22.0. The zero-order valence-corrected chi connectivity index (χ0v) is 13.7. The number of aryl methyl sites for hydroxylation is 1. The number of pyridine rings is 1. The minimum Gasteiger partial charge on any atom is -0.487 e. The van der Waals surface area contributed by atoms with Gasteiger partial charge in [-0.25, -0.2) is 0 Å². The first kappa shape index (κ1) is 17.2. The molecule has 5 nitrogen and oxygen atoms in total. The summed E-state index contributed by atoms with van der Waals surface area (Å²) in [5.41, 5.74) is 1.91. The van der Waals surface area contributed by atoms with Crippen LogP contribution in [0.4, 0.5) is 0 Å². The topological polar surface area (TPSA) is 49.8 Å². The molecule has 2 rings (SSSR count). The Bertz CT molecular complexity index is 574. The van der Waals surface area contributed by atoms with E-state index in [0.29, 0.717) is 44.5 Å². The van der Waals surface area contributed by atoms with Crippen molar-refractivity contribution in [2.45, 2.75) is 13.5 Å². The van der Waals surface area contributed by atoms with Crippen molar-refractivity contribution in [2.75, 3.05) is 33.5 Å². The molecule has 0 spiro atoms. The molecule has 0 fully saturated rings. The van der Waals surface area contributed by atoms with Gasteiger partial charge in [-0.1, -0.05) is 30.3 Å². The second-order valence-corrected chi connectivity index (χ2v) is 4.95. The van der Waals surface area contributed by atoms with Gasteiger partial charge in [0.25, 0.3) is 0 Å². The van der Waals surface area contributed by atoms with Crippen molar-refractivity contribution in [2.24, 2.45) is 0 Å². The first-order chi connectivity index (χ1) is 11.3. The third-order valence-corrected chi connectivity index (χ3v) is 3.19. The van der Waals surface area contributed by atoms with Crippen LogP contribution in [0.1, 0.15) is 11.3 Å². The van der Waals surface area contributed by atoms with E-state index in [1.807, 2.05) is 43.3 Å². The van der Waals surface area contributed by atoms with Gasteiger partial charge in [0.2, 0.25) is 0 Å². The van der Waals surface area contributed by atoms with Gasteiger partial charge >= 0.3 is 0 Å². The minimum atomic E-state index is 0.453. The van der Waals surface area contributed by atoms with Crippen LogP contribution < -0.4 is 9.47 Å². The average molecular weight is 317 g/mol. The standard InChI is InChI=1S/C18H23NO4/c1-15-18(23-14-16-6-4-3-5-7-16)17(8-9-19-15)22-13-12-21-11-10-20-2/h3-9H,10-14H2,1-2H3. The predicted molar refractivity (Wildman–Crippen MR) is 87.9 cm³/mol. The van der Waals surface area contributed by atoms with Crippen LogP contribution in [0.5, 0.6) is 11.5 Å². The summed E-state index contributed by atoms with van der Waals surface area (Å²) in [7, 11) is 1.65. The Hall–Kier alpha value is -2.11. The molecule has 2 aromatic rings. The zero-order valence-electron chi connectivity index (χ0n) is 13.7. The highest BCUT2D eigenvalue weighted by atomic mass is 16.5. The Morgan fingerprint density at radius 2 is 1.70 bits per heavy atom. The molecular formula is C18H23NO4. The number of nitrogens with zero attached hydrogens (tertiary/aromatic N) is 1. The van der Waals surface area contributed by atoms with Gasteiger partial charge in [-0.15, -0.1) is 0 Å². The molecule has 0 bridgehead atoms. The van der Waals surface area contributed by atoms with Gasteiger partial charge in [-0.3, -0.25) is 4.98 Å². The predicted octanol–water partition coefficient (Wildman–Crippen LogP) is 3.01. The zero-order chi connectivity index (χ0) is 16.3. The van der Waals surface area contributed by atoms with Crippen molar-refractivity contribution in [3.63, 3.8) is 0 Å². The highest BCUT2D eigenvalue weighted by molar-refractivity contribution is 5.42. The van der Waals surface area contributed by atoms with Crippen LogP contribution in [-0.4, -0.2) is 38.5 Å². The maximum absolute atomic E-state index is 5.90. The van der Waals surface area contributed by atoms with Gasteiger partial charge in [0.1, 0.15) is 13.2 Å². The molecule has 0 aliphatic rings. The molecule has 23 heavy (non-hydrogen) atoms. The van der Waals surface area contributed by atoms with E-state index in [9.17, 15) is 0 Å². The molecule has 0 N–H and O–H groups in total. The summed E-state index contributed by atoms with van der Waals surface area (Å²) in [6, 6.07) is 11.8. The summed E-state index contributed by atoms with van der Waals surface area (Å²) in [4.78, 5) is 4.27. The fraction of sp³-hybridized carbons (Fsp3) is 0.389. The van der Waals surface area contributed by atoms with E-state index in [1.165, 1.54) is 0 Å². The number of ether oxygens (including phenoxy) is 4. The van der Waals surface area contributed by atoms with Crippen LogP contribution in [0.3, 0.4) is 0 Å². The molecule has 0 saturated heterocycles. The van der Waals surface area contributed by atoms with E-state index < -0.39 is 0 Å². The van der Waals surface area contributed by atoms with Crippen LogP contribution in [0.2, 0.25) is 0 Å². The molecule has 0 unspecified atom stereocenters. The average Bonchev–Trinajstić information content (AvgIpc) is 2.58. The third-order valence-electron chi connectivity index (χ3n) is 3.19. The lowest BCUT2D eigenvalue weighted by Crippen LogP contribution is -2.11. The van der Waals surface area contributed by atoms with E-state index in [1.54, 1.807) is 13.3 Å². The molecule has 1 aromatic carbocycles. The highest BCUT2D eigenvalue weighted by Gasteiger charge is 2.10. The molecule has 0 atom stereocenters. The van der Waals surface area contributed by atoms with E-state index in [4.69, 9.17) is 18.9 Å². The Morgan fingerprint density at radius 3 is 2.48 bits per heavy atom. The van der Waals surface area contributed by atoms with Gasteiger partial charge in [0.15, 0.2) is 11.5 Å². The lowest BCUT2D eigenvalue weighted by atomic mass is 10.2. The van der Waals surface area contributed by atoms with Gasteiger partial charge in [0, 0.05) is 19.4 Å². The van der Waals surface area contributed by atoms with Crippen molar-refractivity contribution < 1.29 is 18.9 Å². The molecule has 0 radical (unpaired) electrons. The Labute approximate surface area is 137 Å². The molecule has 5 heteroatoms. The van der Waals surface area contributed by atoms with Crippen molar-refractivity contribution in [3.8, 4) is 11.5 Å². The van der Waals surface area contributed by atoms with Gasteiger partial charge in [0.05, 0.1) is 25.5 Å². The lowest BCUT2D eigenvalue weighted by molar-refractivity contribution is 0.0537. The lowest BCUT2D eigenvalue weighted by Gasteiger charge is -2.14. The number of benzene rings is 1. The first-order valence-electron chi connectivity index (χ1n) is 7.63. The van der Waals surface area contributed by atoms with Crippen LogP contribution in [-0.2, 0) is 16.1 Å². The minimum absolute atomic E-state index is 0.453. The fourth-order valence-corrected chi connectivity index (χ4v) is 2.00. The number of rotatable bonds is 10. The quantitative estimate of drug-likeness (QED) is 0.631. The molecular weight excluding hydrogens is 294 g/mol. The highest BCUT2D eigenvalue weighted by Crippen LogP contribution is 2.29. The maximum atomic E-state index is 5.90. The molecule has 0 saturated carbocycles. The van der Waals surface area contributed by atoms with Crippen LogP contribution >= 0.6 is 0 Å². The summed E-state index contributed by atoms with van der Waals surface area (Å²) in [5, 5.41) is 0. The number of aromatic nitrogens is 1. The molecule has 1 heterocycles. The molecule has 124 valence electrons. The van der Waals surface area contributed by atoms with E-state index >= 15 is 0 Å². The summed E-state index contributed by atoms with van der Waals surface area (Å²) in [5.74, 6) is 1.36. The Balaban J connectivity index is 1.88. The van der Waals surface area contributed by atoms with Crippen molar-refractivity contribution in [1.29, 1.82) is 0 Å². The van der Waals surface area contributed by atoms with E-state index in [2.05, 4.69) is 4.98 Å². The van der Waals surface area contributed by atoms with E-state index in [-0.39, 0.29) is 0 Å². The molecule has 1 aromatic heterocycles. The van der Waals surface area contributed by atoms with Crippen molar-refractivity contribution in [3.05, 3.63) is 53.9 Å². The van der Waals surface area contributed by atoms with Gasteiger partial charge in [-0.05, 0) is 12.5 Å². The molecule has 0 aliphatic heterocycles. The summed E-state index contributed by atoms with van der Waals surface area (Å²) in [6.07, 6.45) is 1.71.